The molecule has 2 N–H and O–H groups in total. The van der Waals surface area contributed by atoms with Crippen molar-refractivity contribution in [2.24, 2.45) is 5.92 Å². The van der Waals surface area contributed by atoms with Crippen LogP contribution < -0.4 is 10.6 Å². The lowest BCUT2D eigenvalue weighted by atomic mass is 10.1. The third-order valence-electron chi connectivity index (χ3n) is 3.90. The summed E-state index contributed by atoms with van der Waals surface area (Å²) in [6.07, 6.45) is 4.64. The third-order valence-corrected chi connectivity index (χ3v) is 3.90. The molecule has 3 nitrogen and oxygen atoms in total. The molecule has 0 saturated heterocycles. The number of hydrogen-bond donors (Lipinski definition) is 2. The Morgan fingerprint density at radius 1 is 1.20 bits per heavy atom. The molecule has 1 aromatic rings. The molecule has 1 aromatic carbocycles. The molecule has 3 heteroatoms. The Balaban J connectivity index is 1.84. The quantitative estimate of drug-likeness (QED) is 0.836. The van der Waals surface area contributed by atoms with Crippen LogP contribution >= 0.6 is 0 Å². The smallest absolute Gasteiger partial charge is 0.242 e. The van der Waals surface area contributed by atoms with Crippen LogP contribution in [0.4, 0.5) is 5.69 Å². The highest BCUT2D eigenvalue weighted by molar-refractivity contribution is 5.84. The molecule has 0 radical (unpaired) electrons. The summed E-state index contributed by atoms with van der Waals surface area (Å²) in [5.74, 6) is 0.696. The van der Waals surface area contributed by atoms with E-state index in [0.717, 1.165) is 18.7 Å². The van der Waals surface area contributed by atoms with Crippen molar-refractivity contribution in [3.8, 4) is 0 Å². The van der Waals surface area contributed by atoms with Crippen molar-refractivity contribution in [1.29, 1.82) is 0 Å². The number of nitrogens with one attached hydrogen (secondary N) is 2. The Morgan fingerprint density at radius 3 is 2.70 bits per heavy atom. The van der Waals surface area contributed by atoms with Crippen molar-refractivity contribution in [1.82, 2.24) is 5.32 Å². The van der Waals surface area contributed by atoms with Crippen LogP contribution in [0.5, 0.6) is 0 Å². The fourth-order valence-corrected chi connectivity index (χ4v) is 2.61. The first-order valence-electron chi connectivity index (χ1n) is 7.72. The van der Waals surface area contributed by atoms with Crippen LogP contribution in [0.15, 0.2) is 18.2 Å². The van der Waals surface area contributed by atoms with Crippen molar-refractivity contribution >= 4 is 11.6 Å². The number of fused-ring (bicyclic) bond motifs is 1. The number of carbonyl (C=O) groups is 1. The minimum absolute atomic E-state index is 0.0751. The molecule has 1 atom stereocenters. The molecule has 1 aliphatic carbocycles. The summed E-state index contributed by atoms with van der Waals surface area (Å²) in [6, 6.07) is 6.28. The lowest BCUT2D eigenvalue weighted by Crippen LogP contribution is -2.38. The first kappa shape index (κ1) is 14.9. The SMILES string of the molecule is CC(C)CCNC(=O)C(C)Nc1ccc2c(c1)CCC2. The van der Waals surface area contributed by atoms with E-state index in [9.17, 15) is 4.79 Å². The van der Waals surface area contributed by atoms with Crippen LogP contribution in [-0.4, -0.2) is 18.5 Å². The second-order valence-electron chi connectivity index (χ2n) is 6.18. The average Bonchev–Trinajstić information content (AvgIpc) is 2.85. The van der Waals surface area contributed by atoms with E-state index in [1.807, 2.05) is 6.92 Å². The summed E-state index contributed by atoms with van der Waals surface area (Å²) in [5, 5.41) is 6.28. The molecule has 0 heterocycles. The van der Waals surface area contributed by atoms with Gasteiger partial charge in [0.15, 0.2) is 0 Å². The van der Waals surface area contributed by atoms with Crippen molar-refractivity contribution < 1.29 is 4.79 Å². The summed E-state index contributed by atoms with van der Waals surface area (Å²) >= 11 is 0. The highest BCUT2D eigenvalue weighted by Gasteiger charge is 2.14. The zero-order chi connectivity index (χ0) is 14.5. The number of carbonyl (C=O) groups excluding carboxylic acids is 1. The molecule has 2 rings (SSSR count). The molecule has 1 amide bonds. The molecule has 0 aliphatic heterocycles. The monoisotopic (exact) mass is 274 g/mol. The molecular weight excluding hydrogens is 248 g/mol. The third kappa shape index (κ3) is 3.99. The lowest BCUT2D eigenvalue weighted by molar-refractivity contribution is -0.121. The summed E-state index contributed by atoms with van der Waals surface area (Å²) in [5.41, 5.74) is 3.95. The summed E-state index contributed by atoms with van der Waals surface area (Å²) in [4.78, 5) is 12.0. The number of rotatable bonds is 6. The van der Waals surface area contributed by atoms with E-state index in [4.69, 9.17) is 0 Å². The Bertz CT molecular complexity index is 468. The van der Waals surface area contributed by atoms with Gasteiger partial charge in [-0.15, -0.1) is 0 Å². The van der Waals surface area contributed by atoms with Gasteiger partial charge in [-0.3, -0.25) is 4.79 Å². The fraction of sp³-hybridized carbons (Fsp3) is 0.588. The fourth-order valence-electron chi connectivity index (χ4n) is 2.61. The lowest BCUT2D eigenvalue weighted by Gasteiger charge is -2.16. The normalized spacial score (nSPS) is 15.0. The predicted molar refractivity (Wildman–Crippen MR) is 84.0 cm³/mol. The van der Waals surface area contributed by atoms with Crippen LogP contribution in [0.1, 0.15) is 44.7 Å². The largest absolute Gasteiger partial charge is 0.374 e. The minimum Gasteiger partial charge on any atom is -0.374 e. The molecule has 20 heavy (non-hydrogen) atoms. The maximum Gasteiger partial charge on any atom is 0.242 e. The minimum atomic E-state index is -0.193. The molecule has 0 aromatic heterocycles. The molecule has 0 spiro atoms. The van der Waals surface area contributed by atoms with Crippen LogP contribution in [0.3, 0.4) is 0 Å². The van der Waals surface area contributed by atoms with E-state index >= 15 is 0 Å². The number of amides is 1. The van der Waals surface area contributed by atoms with E-state index in [1.165, 1.54) is 30.4 Å². The Hall–Kier alpha value is -1.51. The van der Waals surface area contributed by atoms with Crippen LogP contribution in [0, 0.1) is 5.92 Å². The van der Waals surface area contributed by atoms with Crippen LogP contribution in [0.25, 0.3) is 0 Å². The average molecular weight is 274 g/mol. The van der Waals surface area contributed by atoms with Gasteiger partial charge in [0.05, 0.1) is 0 Å². The first-order chi connectivity index (χ1) is 9.56. The Labute approximate surface area is 122 Å². The second-order valence-corrected chi connectivity index (χ2v) is 6.18. The maximum atomic E-state index is 12.0. The van der Waals surface area contributed by atoms with Gasteiger partial charge in [-0.25, -0.2) is 0 Å². The number of anilines is 1. The van der Waals surface area contributed by atoms with E-state index < -0.39 is 0 Å². The zero-order valence-corrected chi connectivity index (χ0v) is 12.8. The predicted octanol–water partition coefficient (Wildman–Crippen LogP) is 3.14. The molecule has 0 fully saturated rings. The van der Waals surface area contributed by atoms with Gasteiger partial charge in [-0.2, -0.15) is 0 Å². The first-order valence-corrected chi connectivity index (χ1v) is 7.72. The van der Waals surface area contributed by atoms with E-state index in [0.29, 0.717) is 5.92 Å². The Kier molecular flexibility index (Phi) is 5.05. The van der Waals surface area contributed by atoms with Gasteiger partial charge < -0.3 is 10.6 Å². The van der Waals surface area contributed by atoms with Gasteiger partial charge in [-0.1, -0.05) is 19.9 Å². The van der Waals surface area contributed by atoms with Crippen molar-refractivity contribution in [2.75, 3.05) is 11.9 Å². The topological polar surface area (TPSA) is 41.1 Å². The number of benzene rings is 1. The second kappa shape index (κ2) is 6.78. The zero-order valence-electron chi connectivity index (χ0n) is 12.8. The molecular formula is C17H26N2O. The van der Waals surface area contributed by atoms with Gasteiger partial charge in [0.25, 0.3) is 0 Å². The van der Waals surface area contributed by atoms with Crippen LogP contribution in [0.2, 0.25) is 0 Å². The standard InChI is InChI=1S/C17H26N2O/c1-12(2)9-10-18-17(20)13(3)19-16-8-7-14-5-4-6-15(14)11-16/h7-8,11-13,19H,4-6,9-10H2,1-3H3,(H,18,20). The molecule has 0 bridgehead atoms. The van der Waals surface area contributed by atoms with Crippen molar-refractivity contribution in [3.05, 3.63) is 29.3 Å². The van der Waals surface area contributed by atoms with E-state index in [1.54, 1.807) is 0 Å². The van der Waals surface area contributed by atoms with Gasteiger partial charge in [0, 0.05) is 12.2 Å². The summed E-state index contributed by atoms with van der Waals surface area (Å²) < 4.78 is 0. The molecule has 1 aliphatic rings. The molecule has 1 unspecified atom stereocenters. The van der Waals surface area contributed by atoms with Crippen molar-refractivity contribution in [2.45, 2.75) is 52.5 Å². The van der Waals surface area contributed by atoms with Gasteiger partial charge in [0.1, 0.15) is 6.04 Å². The number of hydrogen-bond acceptors (Lipinski definition) is 2. The summed E-state index contributed by atoms with van der Waals surface area (Å²) in [7, 11) is 0. The van der Waals surface area contributed by atoms with E-state index in [2.05, 4.69) is 42.7 Å². The maximum absolute atomic E-state index is 12.0. The highest BCUT2D eigenvalue weighted by Crippen LogP contribution is 2.25. The molecule has 0 saturated carbocycles. The van der Waals surface area contributed by atoms with Crippen LogP contribution in [-0.2, 0) is 17.6 Å². The Morgan fingerprint density at radius 2 is 1.95 bits per heavy atom. The highest BCUT2D eigenvalue weighted by atomic mass is 16.2. The number of aryl methyl sites for hydroxylation is 2. The van der Waals surface area contributed by atoms with Gasteiger partial charge in [0.2, 0.25) is 5.91 Å². The summed E-state index contributed by atoms with van der Waals surface area (Å²) in [6.45, 7) is 7.00. The van der Waals surface area contributed by atoms with Gasteiger partial charge in [-0.05, 0) is 61.8 Å². The van der Waals surface area contributed by atoms with Crippen molar-refractivity contribution in [3.63, 3.8) is 0 Å². The van der Waals surface area contributed by atoms with E-state index in [-0.39, 0.29) is 11.9 Å². The molecule has 110 valence electrons. The van der Waals surface area contributed by atoms with Gasteiger partial charge >= 0.3 is 0 Å².